The number of H-pyrrole nitrogens is 8. The van der Waals surface area contributed by atoms with Crippen molar-refractivity contribution in [2.24, 2.45) is 0 Å². The fourth-order valence-electron chi connectivity index (χ4n) is 15.5. The zero-order valence-electron chi connectivity index (χ0n) is 67.4. The van der Waals surface area contributed by atoms with Gasteiger partial charge in [0.05, 0.1) is 86.5 Å². The molecule has 0 aliphatic heterocycles. The quantitative estimate of drug-likeness (QED) is 0.0460. The SMILES string of the molecule is CN(C)Cc1cncc(-c2ccc3[nH]nc(-c4nc5c(-c6ccsc6)cncc5[nH]4)c3c2)c1.CN(C)c1cncc(-c2ccc3[nH]nc(-c4nc5c(-c6ccsc6)cncc5[nH]4)c3c2)c1.Cc1ccncc1-c1ccc2[nH]nc(-c3nc4c(-c5ccsc5)cncc4[nH]3)c2c1.Nc1cncc(-c2ccc3[nH]nc(-c4nc5c(-c6ccsc6)cncc5[nH]4)c3c2)c1. The standard InChI is InChI=1S/C25H21N7S.C24H19N7S.C23H16N6S.C22H15N7S/c1-32(2)13-15-7-18(10-26-9-15)16-3-4-21-19(8-16)24(31-30-21)25-28-22-12-27-11-20(23(22)29-25)17-5-6-33-14-17;1-31(2)17-7-16(9-25-10-17)14-3-4-20-18(8-14)23(30-29-20)24-27-21-12-26-11-19(22(21)28-24)15-5-6-32-13-15;1-13-4-6-24-9-17(13)14-2-3-19-16(8-14)22(29-28-19)23-26-20-11-25-10-18(21(20)27-23)15-5-7-30-12-15;23-15-5-14(7-24-8-15)12-1-2-18-16(6-12)21(29-28-18)22-26-19-10-25-9-17(20(19)27-22)13-3-4-30-11-13/h3-12,14H,13H2,1-2H3,(H,28,29)(H,30,31);3-13H,1-2H3,(H,27,28)(H,29,30);2-12H,1H3,(H,26,27)(H,28,29);1-11H,23H2,(H,26,27)(H,28,29). The number of benzene rings is 4. The molecule has 24 aromatic rings. The highest BCUT2D eigenvalue weighted by Crippen LogP contribution is 2.41. The Morgan fingerprint density at radius 3 is 1.01 bits per heavy atom. The molecule has 27 nitrogen and oxygen atoms in total. The number of pyridine rings is 8. The van der Waals surface area contributed by atoms with Crippen molar-refractivity contribution in [3.63, 3.8) is 0 Å². The highest BCUT2D eigenvalue weighted by Gasteiger charge is 2.23. The van der Waals surface area contributed by atoms with Gasteiger partial charge in [0.25, 0.3) is 0 Å². The number of hydrogen-bond donors (Lipinski definition) is 9. The Morgan fingerprint density at radius 2 is 0.648 bits per heavy atom. The van der Waals surface area contributed by atoms with E-state index < -0.39 is 0 Å². The molecule has 0 bridgehead atoms. The van der Waals surface area contributed by atoms with Crippen LogP contribution >= 0.6 is 45.3 Å². The van der Waals surface area contributed by atoms with Gasteiger partial charge in [-0.1, -0.05) is 24.3 Å². The summed E-state index contributed by atoms with van der Waals surface area (Å²) < 4.78 is 0. The Labute approximate surface area is 726 Å². The van der Waals surface area contributed by atoms with Crippen LogP contribution in [-0.2, 0) is 6.54 Å². The van der Waals surface area contributed by atoms with Crippen LogP contribution in [0.25, 0.3) is 223 Å². The first-order valence-corrected chi connectivity index (χ1v) is 43.4. The summed E-state index contributed by atoms with van der Waals surface area (Å²) in [5.41, 5.74) is 41.0. The fraction of sp³-hybridized carbons (Fsp3) is 0.0638. The van der Waals surface area contributed by atoms with E-state index in [1.54, 1.807) is 76.3 Å². The van der Waals surface area contributed by atoms with Crippen LogP contribution in [-0.4, -0.2) is 154 Å². The second-order valence-electron chi connectivity index (χ2n) is 30.4. The highest BCUT2D eigenvalue weighted by molar-refractivity contribution is 7.09. The van der Waals surface area contributed by atoms with Crippen molar-refractivity contribution in [3.8, 4) is 135 Å². The molecule has 31 heteroatoms. The van der Waals surface area contributed by atoms with Crippen molar-refractivity contribution in [2.75, 3.05) is 38.8 Å². The number of imidazole rings is 4. The molecule has 0 aliphatic carbocycles. The molecule has 0 fully saturated rings. The smallest absolute Gasteiger partial charge is 0.159 e. The third-order valence-corrected chi connectivity index (χ3v) is 24.4. The van der Waals surface area contributed by atoms with E-state index in [0.717, 1.165) is 223 Å². The number of aromatic amines is 8. The Morgan fingerprint density at radius 1 is 0.304 bits per heavy atom. The molecule has 0 spiro atoms. The van der Waals surface area contributed by atoms with Gasteiger partial charge >= 0.3 is 0 Å². The van der Waals surface area contributed by atoms with E-state index in [0.29, 0.717) is 17.3 Å². The van der Waals surface area contributed by atoms with Gasteiger partial charge in [-0.05, 0) is 217 Å². The van der Waals surface area contributed by atoms with E-state index in [1.807, 2.05) is 117 Å². The van der Waals surface area contributed by atoms with Crippen LogP contribution in [0.3, 0.4) is 0 Å². The van der Waals surface area contributed by atoms with Crippen LogP contribution < -0.4 is 10.6 Å². The van der Waals surface area contributed by atoms with Gasteiger partial charge in [0.15, 0.2) is 23.3 Å². The number of nitrogens with two attached hydrogens (primary N) is 1. The van der Waals surface area contributed by atoms with E-state index in [2.05, 4.69) is 261 Å². The van der Waals surface area contributed by atoms with Crippen LogP contribution in [0.2, 0.25) is 0 Å². The number of aryl methyl sites for hydroxylation is 1. The molecule has 125 heavy (non-hydrogen) atoms. The molecule has 0 aliphatic rings. The van der Waals surface area contributed by atoms with Crippen LogP contribution in [0.15, 0.2) is 264 Å². The van der Waals surface area contributed by atoms with E-state index in [1.165, 1.54) is 11.1 Å². The Balaban J connectivity index is 0.000000102. The predicted molar refractivity (Wildman–Crippen MR) is 503 cm³/mol. The summed E-state index contributed by atoms with van der Waals surface area (Å²) in [7, 11) is 8.14. The molecular formula is C94H71N27S4. The van der Waals surface area contributed by atoms with Gasteiger partial charge in [0.1, 0.15) is 44.8 Å². The number of nitrogens with one attached hydrogen (secondary N) is 8. The number of nitrogens with zero attached hydrogens (tertiary/aromatic N) is 18. The Hall–Kier alpha value is -15.8. The molecule has 20 aromatic heterocycles. The normalized spacial score (nSPS) is 11.5. The lowest BCUT2D eigenvalue weighted by molar-refractivity contribution is 0.402. The van der Waals surface area contributed by atoms with Crippen molar-refractivity contribution in [1.82, 2.24) is 125 Å². The van der Waals surface area contributed by atoms with Gasteiger partial charge in [-0.2, -0.15) is 65.7 Å². The molecule has 10 N–H and O–H groups in total. The van der Waals surface area contributed by atoms with E-state index >= 15 is 0 Å². The zero-order chi connectivity index (χ0) is 84.2. The van der Waals surface area contributed by atoms with Crippen molar-refractivity contribution >= 4 is 144 Å². The summed E-state index contributed by atoms with van der Waals surface area (Å²) in [6, 6.07) is 41.5. The van der Waals surface area contributed by atoms with Gasteiger partial charge in [-0.3, -0.25) is 60.3 Å². The number of fused-ring (bicyclic) bond motifs is 8. The van der Waals surface area contributed by atoms with Crippen LogP contribution in [0.5, 0.6) is 0 Å². The molecule has 24 rings (SSSR count). The molecule has 0 saturated heterocycles. The average molecular weight is 1710 g/mol. The second-order valence-corrected chi connectivity index (χ2v) is 33.5. The van der Waals surface area contributed by atoms with E-state index in [9.17, 15) is 0 Å². The topological polar surface area (TPSA) is 365 Å². The lowest BCUT2D eigenvalue weighted by atomic mass is 10.0. The molecule has 0 atom stereocenters. The summed E-state index contributed by atoms with van der Waals surface area (Å²) in [5.74, 6) is 2.86. The maximum Gasteiger partial charge on any atom is 0.159 e. The van der Waals surface area contributed by atoms with Gasteiger partial charge in [-0.15, -0.1) is 0 Å². The Kier molecular flexibility index (Phi) is 20.0. The molecule has 0 unspecified atom stereocenters. The van der Waals surface area contributed by atoms with Crippen molar-refractivity contribution in [2.45, 2.75) is 13.5 Å². The lowest BCUT2D eigenvalue weighted by Gasteiger charge is -2.13. The van der Waals surface area contributed by atoms with Gasteiger partial charge < -0.3 is 35.5 Å². The highest BCUT2D eigenvalue weighted by atomic mass is 32.1. The minimum absolute atomic E-state index is 0.630. The van der Waals surface area contributed by atoms with Crippen molar-refractivity contribution in [1.29, 1.82) is 0 Å². The number of rotatable bonds is 15. The number of nitrogen functional groups attached to an aromatic ring is 1. The van der Waals surface area contributed by atoms with Gasteiger partial charge in [0.2, 0.25) is 0 Å². The van der Waals surface area contributed by atoms with Crippen LogP contribution in [0, 0.1) is 6.92 Å². The molecule has 4 aromatic carbocycles. The third-order valence-electron chi connectivity index (χ3n) is 21.7. The fourth-order valence-corrected chi connectivity index (χ4v) is 18.1. The van der Waals surface area contributed by atoms with Crippen LogP contribution in [0.1, 0.15) is 11.1 Å². The van der Waals surface area contributed by atoms with Gasteiger partial charge in [0, 0.05) is 155 Å². The summed E-state index contributed by atoms with van der Waals surface area (Å²) in [6.07, 6.45) is 29.4. The largest absolute Gasteiger partial charge is 0.397 e. The maximum atomic E-state index is 5.91. The molecular weight excluding hydrogens is 1640 g/mol. The average Bonchev–Trinajstić information content (AvgIpc) is 1.63. The summed E-state index contributed by atoms with van der Waals surface area (Å²) in [6.45, 7) is 2.94. The first kappa shape index (κ1) is 76.6. The number of aromatic nitrogens is 24. The van der Waals surface area contributed by atoms with E-state index in [-0.39, 0.29) is 0 Å². The number of thiophene rings is 4. The minimum atomic E-state index is 0.630. The Bertz CT molecular complexity index is 8040. The van der Waals surface area contributed by atoms with E-state index in [4.69, 9.17) is 25.7 Å². The summed E-state index contributed by atoms with van der Waals surface area (Å²) in [4.78, 5) is 72.3. The van der Waals surface area contributed by atoms with Gasteiger partial charge in [-0.25, -0.2) is 19.9 Å². The molecule has 20 heterocycles. The molecule has 0 radical (unpaired) electrons. The first-order chi connectivity index (χ1) is 61.4. The lowest BCUT2D eigenvalue weighted by Crippen LogP contribution is -2.10. The predicted octanol–water partition coefficient (Wildman–Crippen LogP) is 21.2. The third kappa shape index (κ3) is 15.0. The number of anilines is 2. The monoisotopic (exact) mass is 1710 g/mol. The molecule has 0 amide bonds. The summed E-state index contributed by atoms with van der Waals surface area (Å²) in [5, 5.41) is 51.4. The minimum Gasteiger partial charge on any atom is -0.397 e. The molecule has 606 valence electrons. The zero-order valence-corrected chi connectivity index (χ0v) is 70.6. The van der Waals surface area contributed by atoms with Crippen molar-refractivity contribution < 1.29 is 0 Å². The second kappa shape index (κ2) is 32.6. The summed E-state index contributed by atoms with van der Waals surface area (Å²) >= 11 is 6.64. The van der Waals surface area contributed by atoms with Crippen LogP contribution in [0.4, 0.5) is 11.4 Å². The van der Waals surface area contributed by atoms with Crippen molar-refractivity contribution in [3.05, 3.63) is 275 Å². The molecule has 0 saturated carbocycles. The first-order valence-electron chi connectivity index (χ1n) is 39.6. The number of hydrogen-bond acceptors (Lipinski definition) is 23. The maximum absolute atomic E-state index is 5.91.